The molecule has 0 saturated heterocycles. The van der Waals surface area contributed by atoms with Gasteiger partial charge < -0.3 is 0 Å². The van der Waals surface area contributed by atoms with Gasteiger partial charge >= 0.3 is 0 Å². The second kappa shape index (κ2) is 21.6. The zero-order valence-electron chi connectivity index (χ0n) is 41.6. The number of hydrogen-bond donors (Lipinski definition) is 0. The maximum absolute atomic E-state index is 5.19. The summed E-state index contributed by atoms with van der Waals surface area (Å²) in [6.45, 7) is 20.4. The van der Waals surface area contributed by atoms with E-state index >= 15 is 0 Å². The third-order valence-corrected chi connectivity index (χ3v) is 14.1. The number of rotatable bonds is 21. The number of nitrogens with zero attached hydrogens (tertiary/aromatic N) is 4. The summed E-state index contributed by atoms with van der Waals surface area (Å²) in [7, 11) is 0. The molecule has 4 nitrogen and oxygen atoms in total. The lowest BCUT2D eigenvalue weighted by Gasteiger charge is -2.33. The molecule has 2 heterocycles. The van der Waals surface area contributed by atoms with Crippen LogP contribution in [0.1, 0.15) is 193 Å². The summed E-state index contributed by atoms with van der Waals surface area (Å²) in [6.07, 6.45) is 23.8. The van der Waals surface area contributed by atoms with Crippen LogP contribution in [0, 0.1) is 0 Å². The van der Waals surface area contributed by atoms with Crippen molar-refractivity contribution in [3.8, 4) is 56.5 Å². The number of benzene rings is 4. The third kappa shape index (κ3) is 11.5. The van der Waals surface area contributed by atoms with E-state index in [4.69, 9.17) is 19.9 Å². The van der Waals surface area contributed by atoms with E-state index in [1.807, 2.05) is 6.20 Å². The maximum Gasteiger partial charge on any atom is 0.165 e. The average Bonchev–Trinajstić information content (AvgIpc) is 3.57. The lowest BCUT2D eigenvalue weighted by Crippen LogP contribution is -2.26. The van der Waals surface area contributed by atoms with Crippen molar-refractivity contribution in [2.45, 2.75) is 188 Å². The molecular formula is C61H78N4. The van der Waals surface area contributed by atoms with Crippen LogP contribution in [0.5, 0.6) is 0 Å². The molecule has 1 aliphatic rings. The lowest BCUT2D eigenvalue weighted by atomic mass is 9.70. The van der Waals surface area contributed by atoms with Crippen molar-refractivity contribution in [3.05, 3.63) is 131 Å². The van der Waals surface area contributed by atoms with Crippen LogP contribution in [-0.2, 0) is 22.7 Å². The summed E-state index contributed by atoms with van der Waals surface area (Å²) in [4.78, 5) is 20.5. The van der Waals surface area contributed by atoms with Crippen molar-refractivity contribution in [2.75, 3.05) is 0 Å². The van der Waals surface area contributed by atoms with Gasteiger partial charge in [0.15, 0.2) is 17.5 Å². The number of aromatic nitrogens is 4. The quantitative estimate of drug-likeness (QED) is 0.0676. The number of aryl methyl sites for hydroxylation is 1. The molecule has 342 valence electrons. The van der Waals surface area contributed by atoms with Crippen molar-refractivity contribution in [1.82, 2.24) is 19.9 Å². The Morgan fingerprint density at radius 3 is 1.32 bits per heavy atom. The topological polar surface area (TPSA) is 51.6 Å². The maximum atomic E-state index is 5.19. The highest BCUT2D eigenvalue weighted by Gasteiger charge is 2.42. The van der Waals surface area contributed by atoms with Gasteiger partial charge in [0.1, 0.15) is 0 Å². The van der Waals surface area contributed by atoms with Crippen LogP contribution in [0.25, 0.3) is 56.5 Å². The second-order valence-corrected chi connectivity index (χ2v) is 21.3. The minimum absolute atomic E-state index is 0.0200. The van der Waals surface area contributed by atoms with E-state index in [9.17, 15) is 0 Å². The second-order valence-electron chi connectivity index (χ2n) is 21.3. The van der Waals surface area contributed by atoms with Gasteiger partial charge in [-0.3, -0.25) is 4.98 Å². The molecule has 1 aliphatic carbocycles. The minimum atomic E-state index is 0.0200. The zero-order chi connectivity index (χ0) is 46.0. The van der Waals surface area contributed by atoms with Crippen LogP contribution in [0.15, 0.2) is 103 Å². The van der Waals surface area contributed by atoms with E-state index in [1.54, 1.807) is 5.56 Å². The summed E-state index contributed by atoms with van der Waals surface area (Å²) >= 11 is 0. The Kier molecular flexibility index (Phi) is 15.9. The lowest BCUT2D eigenvalue weighted by molar-refractivity contribution is 0.397. The van der Waals surface area contributed by atoms with Gasteiger partial charge in [-0.1, -0.05) is 225 Å². The Balaban J connectivity index is 1.26. The normalized spacial score (nSPS) is 13.2. The van der Waals surface area contributed by atoms with Crippen molar-refractivity contribution in [2.24, 2.45) is 0 Å². The molecule has 0 spiro atoms. The first-order chi connectivity index (χ1) is 31.3. The van der Waals surface area contributed by atoms with E-state index in [-0.39, 0.29) is 16.2 Å². The summed E-state index contributed by atoms with van der Waals surface area (Å²) in [5.41, 5.74) is 15.2. The molecule has 0 aliphatic heterocycles. The highest BCUT2D eigenvalue weighted by atomic mass is 15.0. The molecule has 0 unspecified atom stereocenters. The van der Waals surface area contributed by atoms with E-state index in [1.165, 1.54) is 142 Å². The number of hydrogen-bond acceptors (Lipinski definition) is 4. The molecule has 0 radical (unpaired) electrons. The Bertz CT molecular complexity index is 2350. The molecule has 7 rings (SSSR count). The van der Waals surface area contributed by atoms with E-state index < -0.39 is 0 Å². The van der Waals surface area contributed by atoms with Crippen molar-refractivity contribution in [1.29, 1.82) is 0 Å². The molecule has 0 fully saturated rings. The van der Waals surface area contributed by atoms with Gasteiger partial charge in [-0.2, -0.15) is 0 Å². The Morgan fingerprint density at radius 2 is 0.846 bits per heavy atom. The van der Waals surface area contributed by atoms with E-state index in [0.29, 0.717) is 17.5 Å². The molecule has 2 aromatic heterocycles. The highest BCUT2D eigenvalue weighted by molar-refractivity contribution is 5.84. The van der Waals surface area contributed by atoms with Gasteiger partial charge in [0.2, 0.25) is 0 Å². The predicted octanol–water partition coefficient (Wildman–Crippen LogP) is 17.6. The fourth-order valence-corrected chi connectivity index (χ4v) is 10.0. The van der Waals surface area contributed by atoms with Crippen molar-refractivity contribution >= 4 is 0 Å². The molecule has 0 atom stereocenters. The minimum Gasteiger partial charge on any atom is -0.255 e. The molecule has 0 bridgehead atoms. The van der Waals surface area contributed by atoms with Gasteiger partial charge in [-0.15, -0.1) is 0 Å². The largest absolute Gasteiger partial charge is 0.255 e. The smallest absolute Gasteiger partial charge is 0.165 e. The summed E-state index contributed by atoms with van der Waals surface area (Å²) in [5, 5.41) is 0. The van der Waals surface area contributed by atoms with Crippen LogP contribution in [-0.4, -0.2) is 19.9 Å². The molecule has 0 amide bonds. The third-order valence-electron chi connectivity index (χ3n) is 14.1. The molecule has 0 saturated carbocycles. The van der Waals surface area contributed by atoms with Crippen molar-refractivity contribution in [3.63, 3.8) is 0 Å². The summed E-state index contributed by atoms with van der Waals surface area (Å²) < 4.78 is 0. The number of pyridine rings is 1. The Hall–Kier alpha value is -4.96. The fourth-order valence-electron chi connectivity index (χ4n) is 10.0. The zero-order valence-corrected chi connectivity index (χ0v) is 41.6. The van der Waals surface area contributed by atoms with Crippen LogP contribution < -0.4 is 0 Å². The van der Waals surface area contributed by atoms with Crippen molar-refractivity contribution < 1.29 is 0 Å². The Morgan fingerprint density at radius 1 is 0.415 bits per heavy atom. The van der Waals surface area contributed by atoms with Gasteiger partial charge in [-0.25, -0.2) is 15.0 Å². The van der Waals surface area contributed by atoms with Gasteiger partial charge in [0.05, 0.1) is 5.69 Å². The monoisotopic (exact) mass is 867 g/mol. The predicted molar refractivity (Wildman–Crippen MR) is 278 cm³/mol. The van der Waals surface area contributed by atoms with E-state index in [2.05, 4.69) is 159 Å². The molecular weight excluding hydrogens is 789 g/mol. The first kappa shape index (κ1) is 48.0. The van der Waals surface area contributed by atoms with Crippen LogP contribution in [0.2, 0.25) is 0 Å². The first-order valence-electron chi connectivity index (χ1n) is 25.6. The van der Waals surface area contributed by atoms with Crippen LogP contribution >= 0.6 is 0 Å². The number of fused-ring (bicyclic) bond motifs is 3. The Labute approximate surface area is 393 Å². The highest BCUT2D eigenvalue weighted by Crippen LogP contribution is 2.55. The molecule has 65 heavy (non-hydrogen) atoms. The SMILES string of the molecule is CCCCCCCCC1(CCCCCCCC)c2cc(CCCC)ccc2-c2ccc(-c3ccc(-c4nc(-c5ccc(C(C)(C)C)cc5)nc(-c5ccc(C(C)(C)C)cc5)n4)cn3)cc21. The summed E-state index contributed by atoms with van der Waals surface area (Å²) in [6, 6.07) is 36.4. The molecule has 4 aromatic carbocycles. The van der Waals surface area contributed by atoms with Gasteiger partial charge in [0, 0.05) is 33.9 Å². The van der Waals surface area contributed by atoms with Crippen LogP contribution in [0.3, 0.4) is 0 Å². The molecule has 6 aromatic rings. The summed E-state index contributed by atoms with van der Waals surface area (Å²) in [5.74, 6) is 1.96. The van der Waals surface area contributed by atoms with Gasteiger partial charge in [0.25, 0.3) is 0 Å². The molecule has 0 N–H and O–H groups in total. The first-order valence-corrected chi connectivity index (χ1v) is 25.6. The number of unbranched alkanes of at least 4 members (excludes halogenated alkanes) is 11. The van der Waals surface area contributed by atoms with Crippen LogP contribution in [0.4, 0.5) is 0 Å². The average molecular weight is 867 g/mol. The molecule has 4 heteroatoms. The van der Waals surface area contributed by atoms with E-state index in [0.717, 1.165) is 28.8 Å². The van der Waals surface area contributed by atoms with Gasteiger partial charge in [-0.05, 0) is 93.7 Å². The fraction of sp³-hybridized carbons (Fsp3) is 0.475. The standard InChI is InChI=1S/C61H78N4/c1-10-13-16-18-20-22-39-61(40-23-21-19-17-14-11-2)53-41-44(24-15-12-3)25-36-51(53)52-37-30-47(42-54(52)61)55-38-31-48(43-62-55)58-64-56(45-26-32-49(33-27-45)59(4,5)6)63-57(65-58)46-28-34-50(35-29-46)60(7,8)9/h25-38,41-43H,10-24,39-40H2,1-9H3.